The first-order valence-corrected chi connectivity index (χ1v) is 18.8. The fourth-order valence-electron chi connectivity index (χ4n) is 8.62. The summed E-state index contributed by atoms with van der Waals surface area (Å²) < 4.78 is 36.2. The Hall–Kier alpha value is -1.77. The van der Waals surface area contributed by atoms with Crippen molar-refractivity contribution in [3.05, 3.63) is 0 Å². The van der Waals surface area contributed by atoms with E-state index in [-0.39, 0.29) is 42.8 Å². The normalized spacial score (nSPS) is 35.0. The third kappa shape index (κ3) is 8.93. The van der Waals surface area contributed by atoms with Crippen molar-refractivity contribution < 1.29 is 23.1 Å². The molecule has 0 aromatic carbocycles. The van der Waals surface area contributed by atoms with Crippen LogP contribution in [0.15, 0.2) is 4.99 Å². The molecule has 274 valence electrons. The first-order valence-electron chi connectivity index (χ1n) is 18.8. The number of hydrogen-bond acceptors (Lipinski definition) is 9. The summed E-state index contributed by atoms with van der Waals surface area (Å²) >= 11 is 0. The third-order valence-corrected chi connectivity index (χ3v) is 11.9. The van der Waals surface area contributed by atoms with Crippen molar-refractivity contribution in [2.45, 2.75) is 108 Å². The highest BCUT2D eigenvalue weighted by Gasteiger charge is 2.44. The number of likely N-dealkylation sites (tertiary alicyclic amines) is 1. The highest BCUT2D eigenvalue weighted by Crippen LogP contribution is 2.28. The van der Waals surface area contributed by atoms with Crippen molar-refractivity contribution >= 4 is 17.5 Å². The van der Waals surface area contributed by atoms with Gasteiger partial charge < -0.3 is 26.0 Å². The maximum Gasteiger partial charge on any atom is 0.228 e. The Morgan fingerprint density at radius 3 is 2.38 bits per heavy atom. The number of rotatable bonds is 9. The van der Waals surface area contributed by atoms with E-state index >= 15 is 8.78 Å². The maximum absolute atomic E-state index is 15.7. The second-order valence-electron chi connectivity index (χ2n) is 15.0. The summed E-state index contributed by atoms with van der Waals surface area (Å²) in [5.41, 5.74) is 7.68. The van der Waals surface area contributed by atoms with E-state index in [1.165, 1.54) is 0 Å². The van der Waals surface area contributed by atoms with Crippen molar-refractivity contribution in [2.75, 3.05) is 79.2 Å². The van der Waals surface area contributed by atoms with E-state index in [9.17, 15) is 9.59 Å². The molecule has 8 atom stereocenters. The number of aliphatic imine (C=N–C) groups is 1. The van der Waals surface area contributed by atoms with Crippen LogP contribution in [0, 0.1) is 17.8 Å². The SMILES string of the molecule is CCCC(CC)C1=NC(N)C(C(=O)NC2CNCC(F)C2N2CCC(C(=O)N3CCN(C4COC4)CC3)CC2)C(C)N(C)CC(F)CC1. The van der Waals surface area contributed by atoms with Crippen LogP contribution < -0.4 is 16.4 Å². The molecule has 13 heteroatoms. The van der Waals surface area contributed by atoms with E-state index in [1.807, 2.05) is 23.8 Å². The molecule has 5 rings (SSSR count). The summed E-state index contributed by atoms with van der Waals surface area (Å²) in [6, 6.07) is -0.857. The number of nitrogens with one attached hydrogen (secondary N) is 2. The fourth-order valence-corrected chi connectivity index (χ4v) is 8.62. The first kappa shape index (κ1) is 37.5. The lowest BCUT2D eigenvalue weighted by Crippen LogP contribution is -2.67. The van der Waals surface area contributed by atoms with Gasteiger partial charge in [-0.05, 0) is 71.5 Å². The van der Waals surface area contributed by atoms with E-state index in [0.29, 0.717) is 51.4 Å². The lowest BCUT2D eigenvalue weighted by Gasteiger charge is -2.46. The van der Waals surface area contributed by atoms with Gasteiger partial charge in [-0.3, -0.25) is 29.3 Å². The predicted octanol–water partition coefficient (Wildman–Crippen LogP) is 1.66. The van der Waals surface area contributed by atoms with Gasteiger partial charge in [-0.2, -0.15) is 0 Å². The molecule has 8 unspecified atom stereocenters. The number of piperidine rings is 2. The summed E-state index contributed by atoms with van der Waals surface area (Å²) in [5.74, 6) is -0.626. The highest BCUT2D eigenvalue weighted by molar-refractivity contribution is 5.88. The van der Waals surface area contributed by atoms with Gasteiger partial charge in [0.05, 0.1) is 37.3 Å². The van der Waals surface area contributed by atoms with Crippen LogP contribution >= 0.6 is 0 Å². The molecule has 0 bridgehead atoms. The molecule has 0 aromatic rings. The van der Waals surface area contributed by atoms with E-state index in [0.717, 1.165) is 64.4 Å². The minimum atomic E-state index is -1.17. The molecular formula is C35H62F2N8O3. The number of nitrogens with two attached hydrogens (primary N) is 1. The Morgan fingerprint density at radius 1 is 1.04 bits per heavy atom. The number of carbonyl (C=O) groups excluding carboxylic acids is 2. The zero-order chi connectivity index (χ0) is 34.4. The maximum atomic E-state index is 15.7. The third-order valence-electron chi connectivity index (χ3n) is 11.9. The Labute approximate surface area is 286 Å². The van der Waals surface area contributed by atoms with E-state index in [2.05, 4.69) is 34.3 Å². The van der Waals surface area contributed by atoms with Gasteiger partial charge >= 0.3 is 0 Å². The predicted molar refractivity (Wildman–Crippen MR) is 184 cm³/mol. The van der Waals surface area contributed by atoms with Crippen LogP contribution in [0.4, 0.5) is 8.78 Å². The molecule has 5 aliphatic heterocycles. The molecule has 0 spiro atoms. The average molecular weight is 681 g/mol. The molecule has 0 saturated carbocycles. The van der Waals surface area contributed by atoms with Crippen molar-refractivity contribution in [1.29, 1.82) is 0 Å². The smallest absolute Gasteiger partial charge is 0.228 e. The number of amides is 2. The van der Waals surface area contributed by atoms with Gasteiger partial charge in [-0.25, -0.2) is 8.78 Å². The number of hydrogen-bond donors (Lipinski definition) is 3. The van der Waals surface area contributed by atoms with Gasteiger partial charge in [0.2, 0.25) is 11.8 Å². The summed E-state index contributed by atoms with van der Waals surface area (Å²) in [4.78, 5) is 41.0. The quantitative estimate of drug-likeness (QED) is 0.337. The summed E-state index contributed by atoms with van der Waals surface area (Å²) in [5, 5.41) is 6.36. The average Bonchev–Trinajstić information content (AvgIpc) is 3.05. The van der Waals surface area contributed by atoms with E-state index < -0.39 is 36.5 Å². The van der Waals surface area contributed by atoms with Gasteiger partial charge in [0.1, 0.15) is 18.5 Å². The lowest BCUT2D eigenvalue weighted by atomic mass is 9.88. The molecule has 0 aromatic heterocycles. The second kappa shape index (κ2) is 17.4. The zero-order valence-corrected chi connectivity index (χ0v) is 29.8. The largest absolute Gasteiger partial charge is 0.378 e. The van der Waals surface area contributed by atoms with E-state index in [4.69, 9.17) is 15.5 Å². The molecule has 5 heterocycles. The van der Waals surface area contributed by atoms with Crippen LogP contribution in [0.25, 0.3) is 0 Å². The molecule has 4 saturated heterocycles. The zero-order valence-electron chi connectivity index (χ0n) is 29.8. The topological polar surface area (TPSA) is 119 Å². The van der Waals surface area contributed by atoms with Crippen molar-refractivity contribution in [3.63, 3.8) is 0 Å². The highest BCUT2D eigenvalue weighted by atomic mass is 19.1. The summed E-state index contributed by atoms with van der Waals surface area (Å²) in [6.07, 6.45) is 2.14. The van der Waals surface area contributed by atoms with Crippen molar-refractivity contribution in [3.8, 4) is 0 Å². The summed E-state index contributed by atoms with van der Waals surface area (Å²) in [6.45, 7) is 13.1. The number of piperazine rings is 1. The van der Waals surface area contributed by atoms with Gasteiger partial charge in [-0.1, -0.05) is 20.3 Å². The van der Waals surface area contributed by atoms with Crippen LogP contribution in [0.3, 0.4) is 0 Å². The second-order valence-corrected chi connectivity index (χ2v) is 15.0. The molecule has 2 amide bonds. The minimum absolute atomic E-state index is 0.0592. The molecule has 4 N–H and O–H groups in total. The van der Waals surface area contributed by atoms with Gasteiger partial charge in [0, 0.05) is 63.5 Å². The summed E-state index contributed by atoms with van der Waals surface area (Å²) in [7, 11) is 1.83. The first-order chi connectivity index (χ1) is 23.1. The van der Waals surface area contributed by atoms with Crippen LogP contribution in [-0.2, 0) is 14.3 Å². The van der Waals surface area contributed by atoms with E-state index in [1.54, 1.807) is 0 Å². The lowest BCUT2D eigenvalue weighted by molar-refractivity contribution is -0.141. The van der Waals surface area contributed by atoms with Gasteiger partial charge in [0.15, 0.2) is 0 Å². The molecule has 48 heavy (non-hydrogen) atoms. The Kier molecular flexibility index (Phi) is 13.6. The van der Waals surface area contributed by atoms with Crippen LogP contribution in [0.2, 0.25) is 0 Å². The Morgan fingerprint density at radius 2 is 1.75 bits per heavy atom. The van der Waals surface area contributed by atoms with Gasteiger partial charge in [0.25, 0.3) is 0 Å². The Balaban J connectivity index is 1.23. The number of carbonyl (C=O) groups is 2. The Bertz CT molecular complexity index is 1080. The number of alkyl halides is 2. The molecular weight excluding hydrogens is 618 g/mol. The number of halogens is 2. The van der Waals surface area contributed by atoms with Crippen molar-refractivity contribution in [2.24, 2.45) is 28.5 Å². The molecule has 4 fully saturated rings. The fraction of sp³-hybridized carbons (Fsp3) is 0.914. The monoisotopic (exact) mass is 680 g/mol. The molecule has 5 aliphatic rings. The van der Waals surface area contributed by atoms with Crippen molar-refractivity contribution in [1.82, 2.24) is 30.2 Å². The molecule has 0 radical (unpaired) electrons. The number of nitrogens with zero attached hydrogens (tertiary/aromatic N) is 5. The molecule has 11 nitrogen and oxygen atoms in total. The standard InChI is InChI=1S/C35H62F2N8O3/c1-5-7-24(6-2)29-9-8-26(36)20-42(4)23(3)31(33(38)40-29)34(46)41-30-19-39-18-28(37)32(30)44-12-10-25(11-13-44)35(47)45-16-14-43(15-17-45)27-21-48-22-27/h23-28,30-33,39H,5-22,38H2,1-4H3,(H,41,46). The van der Waals surface area contributed by atoms with Crippen LogP contribution in [-0.4, -0.2) is 159 Å². The van der Waals surface area contributed by atoms with Gasteiger partial charge in [-0.15, -0.1) is 0 Å². The molecule has 0 aliphatic carbocycles. The minimum Gasteiger partial charge on any atom is -0.378 e. The van der Waals surface area contributed by atoms with Crippen LogP contribution in [0.5, 0.6) is 0 Å². The number of ether oxygens (including phenoxy) is 1. The van der Waals surface area contributed by atoms with Crippen LogP contribution in [0.1, 0.15) is 65.7 Å².